The Hall–Kier alpha value is -2.27. The van der Waals surface area contributed by atoms with Crippen molar-refractivity contribution in [2.75, 3.05) is 0 Å². The number of terminal acetylenes is 1. The molecule has 0 unspecified atom stereocenters. The first-order valence-electron chi connectivity index (χ1n) is 9.65. The van der Waals surface area contributed by atoms with Crippen molar-refractivity contribution in [3.05, 3.63) is 53.3 Å². The molecule has 1 aliphatic rings. The Labute approximate surface area is 156 Å². The third-order valence-corrected chi connectivity index (χ3v) is 5.76. The van der Waals surface area contributed by atoms with Gasteiger partial charge in [0.15, 0.2) is 11.6 Å². The monoisotopic (exact) mass is 350 g/mol. The molecule has 0 aromatic heterocycles. The highest BCUT2D eigenvalue weighted by Crippen LogP contribution is 2.38. The van der Waals surface area contributed by atoms with Crippen LogP contribution in [-0.2, 0) is 0 Å². The fourth-order valence-corrected chi connectivity index (χ4v) is 4.24. The van der Waals surface area contributed by atoms with E-state index in [1.807, 2.05) is 12.2 Å². The summed E-state index contributed by atoms with van der Waals surface area (Å²) in [6.07, 6.45) is 15.1. The van der Waals surface area contributed by atoms with E-state index in [1.54, 1.807) is 13.0 Å². The van der Waals surface area contributed by atoms with E-state index in [0.717, 1.165) is 17.0 Å². The summed E-state index contributed by atoms with van der Waals surface area (Å²) in [7, 11) is 0. The van der Waals surface area contributed by atoms with Gasteiger partial charge >= 0.3 is 0 Å². The third-order valence-electron chi connectivity index (χ3n) is 5.76. The van der Waals surface area contributed by atoms with Gasteiger partial charge in [-0.05, 0) is 72.8 Å². The first-order valence-corrected chi connectivity index (χ1v) is 9.65. The number of benzene rings is 2. The zero-order chi connectivity index (χ0) is 18.5. The van der Waals surface area contributed by atoms with Crippen molar-refractivity contribution in [1.29, 1.82) is 0 Å². The number of halogens is 1. The van der Waals surface area contributed by atoms with Crippen LogP contribution in [-0.4, -0.2) is 0 Å². The minimum atomic E-state index is -0.390. The zero-order valence-electron chi connectivity index (χ0n) is 15.7. The number of hydrogen-bond acceptors (Lipinski definition) is 1. The van der Waals surface area contributed by atoms with Gasteiger partial charge in [0.25, 0.3) is 0 Å². The zero-order valence-corrected chi connectivity index (χ0v) is 15.7. The highest BCUT2D eigenvalue weighted by molar-refractivity contribution is 5.69. The average molecular weight is 350 g/mol. The summed E-state index contributed by atoms with van der Waals surface area (Å²) in [5.41, 5.74) is 3.88. The van der Waals surface area contributed by atoms with E-state index in [1.165, 1.54) is 44.1 Å². The molecule has 26 heavy (non-hydrogen) atoms. The maximum atomic E-state index is 14.4. The molecule has 2 aromatic rings. The molecule has 2 aromatic carbocycles. The largest absolute Gasteiger partial charge is 0.405 e. The lowest BCUT2D eigenvalue weighted by molar-refractivity contribution is 0.308. The molecule has 0 saturated heterocycles. The summed E-state index contributed by atoms with van der Waals surface area (Å²) in [4.78, 5) is 0. The van der Waals surface area contributed by atoms with Crippen LogP contribution in [0.5, 0.6) is 5.75 Å². The van der Waals surface area contributed by atoms with Crippen LogP contribution in [0.4, 0.5) is 4.39 Å². The topological polar surface area (TPSA) is 9.23 Å². The smallest absolute Gasteiger partial charge is 0.176 e. The van der Waals surface area contributed by atoms with Gasteiger partial charge in [-0.1, -0.05) is 56.5 Å². The Balaban J connectivity index is 1.74. The Morgan fingerprint density at radius 1 is 1.08 bits per heavy atom. The van der Waals surface area contributed by atoms with Gasteiger partial charge in [-0.3, -0.25) is 0 Å². The van der Waals surface area contributed by atoms with Crippen LogP contribution >= 0.6 is 0 Å². The first-order chi connectivity index (χ1) is 12.6. The molecule has 0 heterocycles. The van der Waals surface area contributed by atoms with Crippen molar-refractivity contribution in [3.8, 4) is 29.4 Å². The van der Waals surface area contributed by atoms with Gasteiger partial charge in [0.1, 0.15) is 6.11 Å². The third kappa shape index (κ3) is 3.93. The Morgan fingerprint density at radius 2 is 1.77 bits per heavy atom. The van der Waals surface area contributed by atoms with Gasteiger partial charge in [0.2, 0.25) is 0 Å². The van der Waals surface area contributed by atoms with Gasteiger partial charge in [-0.15, -0.1) is 0 Å². The molecule has 0 spiro atoms. The van der Waals surface area contributed by atoms with Gasteiger partial charge in [-0.2, -0.15) is 0 Å². The van der Waals surface area contributed by atoms with Gasteiger partial charge in [0, 0.05) is 0 Å². The lowest BCUT2D eigenvalue weighted by Crippen LogP contribution is -2.13. The Bertz CT molecular complexity index is 777. The van der Waals surface area contributed by atoms with E-state index in [9.17, 15) is 4.39 Å². The molecule has 1 aliphatic carbocycles. The molecule has 136 valence electrons. The van der Waals surface area contributed by atoms with E-state index >= 15 is 0 Å². The van der Waals surface area contributed by atoms with E-state index in [-0.39, 0.29) is 5.75 Å². The highest BCUT2D eigenvalue weighted by atomic mass is 19.1. The SMILES string of the molecule is C#COc1ccc(-c2ccc(C3CCC(CCC)CC3)cc2)c(C)c1F. The van der Waals surface area contributed by atoms with Gasteiger partial charge in [0.05, 0.1) is 0 Å². The molecule has 1 fully saturated rings. The van der Waals surface area contributed by atoms with Crippen LogP contribution < -0.4 is 4.74 Å². The van der Waals surface area contributed by atoms with Crippen LogP contribution in [0.25, 0.3) is 11.1 Å². The molecular formula is C24H27FO. The first kappa shape index (κ1) is 18.5. The molecule has 0 N–H and O–H groups in total. The molecule has 2 heteroatoms. The van der Waals surface area contributed by atoms with E-state index in [4.69, 9.17) is 11.2 Å². The van der Waals surface area contributed by atoms with Crippen molar-refractivity contribution in [1.82, 2.24) is 0 Å². The van der Waals surface area contributed by atoms with E-state index in [2.05, 4.69) is 31.2 Å². The normalized spacial score (nSPS) is 19.8. The fraction of sp³-hybridized carbons (Fsp3) is 0.417. The predicted octanol–water partition coefficient (Wildman–Crippen LogP) is 6.84. The Kier molecular flexibility index (Phi) is 5.99. The van der Waals surface area contributed by atoms with E-state index in [0.29, 0.717) is 11.5 Å². The summed E-state index contributed by atoms with van der Waals surface area (Å²) in [5, 5.41) is 0. The minimum absolute atomic E-state index is 0.106. The second kappa shape index (κ2) is 8.41. The highest BCUT2D eigenvalue weighted by Gasteiger charge is 2.22. The van der Waals surface area contributed by atoms with Gasteiger partial charge in [-0.25, -0.2) is 4.39 Å². The molecule has 1 nitrogen and oxygen atoms in total. The van der Waals surface area contributed by atoms with E-state index < -0.39 is 5.82 Å². The molecule has 0 amide bonds. The Morgan fingerprint density at radius 3 is 2.38 bits per heavy atom. The molecule has 0 aliphatic heterocycles. The summed E-state index contributed by atoms with van der Waals surface area (Å²) in [6, 6.07) is 12.1. The summed E-state index contributed by atoms with van der Waals surface area (Å²) in [6.45, 7) is 4.04. The van der Waals surface area contributed by atoms with Crippen LogP contribution in [0, 0.1) is 31.2 Å². The predicted molar refractivity (Wildman–Crippen MR) is 106 cm³/mol. The van der Waals surface area contributed by atoms with Crippen LogP contribution in [0.15, 0.2) is 36.4 Å². The minimum Gasteiger partial charge on any atom is -0.405 e. The maximum absolute atomic E-state index is 14.4. The fourth-order valence-electron chi connectivity index (χ4n) is 4.24. The second-order valence-electron chi connectivity index (χ2n) is 7.40. The summed E-state index contributed by atoms with van der Waals surface area (Å²) in [5.74, 6) is 1.30. The lowest BCUT2D eigenvalue weighted by Gasteiger charge is -2.28. The second-order valence-corrected chi connectivity index (χ2v) is 7.40. The molecular weight excluding hydrogens is 323 g/mol. The molecule has 0 radical (unpaired) electrons. The van der Waals surface area contributed by atoms with Crippen molar-refractivity contribution in [3.63, 3.8) is 0 Å². The van der Waals surface area contributed by atoms with Crippen molar-refractivity contribution in [2.24, 2.45) is 5.92 Å². The summed E-state index contributed by atoms with van der Waals surface area (Å²) < 4.78 is 19.3. The number of ether oxygens (including phenoxy) is 1. The van der Waals surface area contributed by atoms with Crippen LogP contribution in [0.3, 0.4) is 0 Å². The molecule has 0 atom stereocenters. The van der Waals surface area contributed by atoms with Crippen molar-refractivity contribution in [2.45, 2.75) is 58.3 Å². The maximum Gasteiger partial charge on any atom is 0.176 e. The van der Waals surface area contributed by atoms with Crippen LogP contribution in [0.2, 0.25) is 0 Å². The van der Waals surface area contributed by atoms with Crippen molar-refractivity contribution >= 4 is 0 Å². The van der Waals surface area contributed by atoms with Gasteiger partial charge < -0.3 is 4.74 Å². The summed E-state index contributed by atoms with van der Waals surface area (Å²) >= 11 is 0. The number of rotatable bonds is 5. The standard InChI is InChI=1S/C24H27FO/c1-4-6-18-7-9-19(10-8-18)20-11-13-21(14-12-20)22-15-16-23(26-5-2)24(25)17(22)3/h2,11-16,18-19H,4,6-10H2,1,3H3. The molecule has 1 saturated carbocycles. The van der Waals surface area contributed by atoms with Crippen LogP contribution in [0.1, 0.15) is 62.5 Å². The molecule has 3 rings (SSSR count). The average Bonchev–Trinajstić information content (AvgIpc) is 2.67. The number of hydrogen-bond donors (Lipinski definition) is 0. The quantitative estimate of drug-likeness (QED) is 0.536. The van der Waals surface area contributed by atoms with Crippen molar-refractivity contribution < 1.29 is 9.13 Å². The lowest BCUT2D eigenvalue weighted by atomic mass is 9.77. The molecule has 0 bridgehead atoms.